The molecule has 0 aliphatic rings. The van der Waals surface area contributed by atoms with Gasteiger partial charge in [0.1, 0.15) is 0 Å². The number of carboxylic acids is 1. The van der Waals surface area contributed by atoms with Crippen LogP contribution in [0.5, 0.6) is 0 Å². The molecule has 1 aromatic carbocycles. The summed E-state index contributed by atoms with van der Waals surface area (Å²) in [4.78, 5) is 25.0. The van der Waals surface area contributed by atoms with Crippen LogP contribution in [0.25, 0.3) is 0 Å². The Morgan fingerprint density at radius 3 is 2.47 bits per heavy atom. The summed E-state index contributed by atoms with van der Waals surface area (Å²) in [6.45, 7) is 1.60. The van der Waals surface area contributed by atoms with E-state index in [1.54, 1.807) is 25.1 Å². The SMILES string of the molecule is CCOOP(=O)(O)C(C(=O)O)c1ccccc1. The minimum atomic E-state index is -4.42. The van der Waals surface area contributed by atoms with Gasteiger partial charge in [0.2, 0.25) is 0 Å². The third kappa shape index (κ3) is 3.64. The molecule has 7 heteroatoms. The summed E-state index contributed by atoms with van der Waals surface area (Å²) in [5.41, 5.74) is -1.47. The quantitative estimate of drug-likeness (QED) is 0.461. The van der Waals surface area contributed by atoms with Crippen molar-refractivity contribution < 1.29 is 28.9 Å². The van der Waals surface area contributed by atoms with Gasteiger partial charge in [-0.3, -0.25) is 9.36 Å². The largest absolute Gasteiger partial charge is 0.480 e. The predicted molar refractivity (Wildman–Crippen MR) is 59.4 cm³/mol. The van der Waals surface area contributed by atoms with Crippen LogP contribution in [0.3, 0.4) is 0 Å². The van der Waals surface area contributed by atoms with Crippen LogP contribution in [0.4, 0.5) is 0 Å². The van der Waals surface area contributed by atoms with Crippen molar-refractivity contribution in [1.82, 2.24) is 0 Å². The maximum atomic E-state index is 11.7. The Morgan fingerprint density at radius 1 is 1.41 bits per heavy atom. The molecule has 94 valence electrons. The topological polar surface area (TPSA) is 93.1 Å². The second-order valence-corrected chi connectivity index (χ2v) is 4.99. The third-order valence-electron chi connectivity index (χ3n) is 1.95. The molecule has 0 radical (unpaired) electrons. The van der Waals surface area contributed by atoms with Crippen molar-refractivity contribution in [2.24, 2.45) is 0 Å². The van der Waals surface area contributed by atoms with E-state index in [0.29, 0.717) is 0 Å². The van der Waals surface area contributed by atoms with Crippen molar-refractivity contribution in [3.63, 3.8) is 0 Å². The molecular weight excluding hydrogens is 247 g/mol. The third-order valence-corrected chi connectivity index (χ3v) is 3.44. The van der Waals surface area contributed by atoms with Crippen molar-refractivity contribution in [3.8, 4) is 0 Å². The lowest BCUT2D eigenvalue weighted by Crippen LogP contribution is -2.13. The first-order chi connectivity index (χ1) is 7.99. The van der Waals surface area contributed by atoms with Crippen molar-refractivity contribution >= 4 is 13.6 Å². The molecule has 0 amide bonds. The van der Waals surface area contributed by atoms with Gasteiger partial charge < -0.3 is 10.00 Å². The van der Waals surface area contributed by atoms with Gasteiger partial charge in [-0.25, -0.2) is 4.89 Å². The summed E-state index contributed by atoms with van der Waals surface area (Å²) in [6.07, 6.45) is 0. The van der Waals surface area contributed by atoms with Crippen LogP contribution in [0.15, 0.2) is 30.3 Å². The Morgan fingerprint density at radius 2 is 2.00 bits per heavy atom. The van der Waals surface area contributed by atoms with Gasteiger partial charge in [0.25, 0.3) is 0 Å². The monoisotopic (exact) mass is 260 g/mol. The fourth-order valence-electron chi connectivity index (χ4n) is 1.28. The average Bonchev–Trinajstić information content (AvgIpc) is 2.27. The van der Waals surface area contributed by atoms with E-state index in [4.69, 9.17) is 5.11 Å². The predicted octanol–water partition coefficient (Wildman–Crippen LogP) is 1.97. The van der Waals surface area contributed by atoms with Crippen molar-refractivity contribution in [2.75, 3.05) is 6.61 Å². The van der Waals surface area contributed by atoms with Gasteiger partial charge in [-0.1, -0.05) is 30.3 Å². The first kappa shape index (κ1) is 13.9. The molecule has 0 saturated heterocycles. The summed E-state index contributed by atoms with van der Waals surface area (Å²) in [7, 11) is -4.42. The van der Waals surface area contributed by atoms with E-state index < -0.39 is 19.2 Å². The number of hydrogen-bond acceptors (Lipinski definition) is 4. The Hall–Kier alpha value is -1.20. The Labute approximate surface area is 98.3 Å². The molecule has 6 nitrogen and oxygen atoms in total. The zero-order chi connectivity index (χ0) is 12.9. The molecule has 0 spiro atoms. The van der Waals surface area contributed by atoms with E-state index in [2.05, 4.69) is 9.56 Å². The summed E-state index contributed by atoms with van der Waals surface area (Å²) in [6, 6.07) is 7.71. The molecule has 0 bridgehead atoms. The molecule has 17 heavy (non-hydrogen) atoms. The molecular formula is C10H13O6P. The van der Waals surface area contributed by atoms with Crippen LogP contribution in [0.2, 0.25) is 0 Å². The smallest absolute Gasteiger partial charge is 0.373 e. The number of carbonyl (C=O) groups is 1. The summed E-state index contributed by atoms with van der Waals surface area (Å²) in [5.74, 6) is -1.44. The molecule has 1 rings (SSSR count). The van der Waals surface area contributed by atoms with Crippen molar-refractivity contribution in [2.45, 2.75) is 12.6 Å². The van der Waals surface area contributed by atoms with Gasteiger partial charge in [0.15, 0.2) is 5.66 Å². The molecule has 0 fully saturated rings. The maximum absolute atomic E-state index is 11.7. The van der Waals surface area contributed by atoms with Gasteiger partial charge in [0, 0.05) is 0 Å². The van der Waals surface area contributed by atoms with Gasteiger partial charge in [0.05, 0.1) is 6.61 Å². The molecule has 0 aromatic heterocycles. The number of rotatable bonds is 6. The second-order valence-electron chi connectivity index (χ2n) is 3.20. The highest BCUT2D eigenvalue weighted by Gasteiger charge is 2.41. The van der Waals surface area contributed by atoms with Gasteiger partial charge in [-0.05, 0) is 12.5 Å². The van der Waals surface area contributed by atoms with Crippen LogP contribution < -0.4 is 0 Å². The molecule has 0 aliphatic carbocycles. The lowest BCUT2D eigenvalue weighted by molar-refractivity contribution is -0.210. The Kier molecular flexibility index (Phi) is 4.84. The molecule has 1 aromatic rings. The molecule has 2 atom stereocenters. The average molecular weight is 260 g/mol. The highest BCUT2D eigenvalue weighted by molar-refractivity contribution is 7.54. The van der Waals surface area contributed by atoms with Crippen molar-refractivity contribution in [3.05, 3.63) is 35.9 Å². The van der Waals surface area contributed by atoms with Crippen LogP contribution >= 0.6 is 7.60 Å². The van der Waals surface area contributed by atoms with Gasteiger partial charge >= 0.3 is 13.6 Å². The van der Waals surface area contributed by atoms with Crippen LogP contribution in [0, 0.1) is 0 Å². The number of hydrogen-bond donors (Lipinski definition) is 2. The first-order valence-corrected chi connectivity index (χ1v) is 6.55. The summed E-state index contributed by atoms with van der Waals surface area (Å²) < 4.78 is 16.0. The lowest BCUT2D eigenvalue weighted by Gasteiger charge is -2.17. The molecule has 0 aliphatic heterocycles. The normalized spacial score (nSPS) is 16.1. The van der Waals surface area contributed by atoms with E-state index >= 15 is 0 Å². The summed E-state index contributed by atoms with van der Waals surface area (Å²) >= 11 is 0. The van der Waals surface area contributed by atoms with E-state index in [0.717, 1.165) is 0 Å². The standard InChI is InChI=1S/C10H13O6P/c1-2-15-16-17(13,14)9(10(11)12)8-6-4-3-5-7-8/h3-7,9H,2H2,1H3,(H,11,12)(H,13,14). The minimum Gasteiger partial charge on any atom is -0.480 e. The van der Waals surface area contributed by atoms with Crippen LogP contribution in [0.1, 0.15) is 18.1 Å². The maximum Gasteiger partial charge on any atom is 0.373 e. The number of carboxylic acid groups (broad SMARTS) is 1. The minimum absolute atomic E-state index is 0.0473. The van der Waals surface area contributed by atoms with Gasteiger partial charge in [-0.15, -0.1) is 4.67 Å². The zero-order valence-electron chi connectivity index (χ0n) is 9.15. The number of aliphatic carboxylic acids is 1. The van der Waals surface area contributed by atoms with Gasteiger partial charge in [-0.2, -0.15) is 0 Å². The number of benzene rings is 1. The molecule has 0 heterocycles. The van der Waals surface area contributed by atoms with E-state index in [1.165, 1.54) is 12.1 Å². The van der Waals surface area contributed by atoms with E-state index in [9.17, 15) is 14.3 Å². The zero-order valence-corrected chi connectivity index (χ0v) is 10.0. The fourth-order valence-corrected chi connectivity index (χ4v) is 2.45. The van der Waals surface area contributed by atoms with Crippen LogP contribution in [-0.2, 0) is 18.9 Å². The van der Waals surface area contributed by atoms with Crippen molar-refractivity contribution in [1.29, 1.82) is 0 Å². The van der Waals surface area contributed by atoms with E-state index in [1.807, 2.05) is 0 Å². The molecule has 0 saturated carbocycles. The Bertz CT molecular complexity index is 418. The molecule has 2 unspecified atom stereocenters. The molecule has 2 N–H and O–H groups in total. The van der Waals surface area contributed by atoms with E-state index in [-0.39, 0.29) is 12.2 Å². The van der Waals surface area contributed by atoms with Crippen LogP contribution in [-0.4, -0.2) is 22.6 Å². The fraction of sp³-hybridized carbons (Fsp3) is 0.300. The highest BCUT2D eigenvalue weighted by atomic mass is 31.2. The Balaban J connectivity index is 3.02. The summed E-state index contributed by atoms with van der Waals surface area (Å²) in [5, 5.41) is 8.99. The second kappa shape index (κ2) is 5.93. The first-order valence-electron chi connectivity index (χ1n) is 4.90. The highest BCUT2D eigenvalue weighted by Crippen LogP contribution is 2.56. The lowest BCUT2D eigenvalue weighted by atomic mass is 10.1.